The molecule has 0 saturated heterocycles. The highest BCUT2D eigenvalue weighted by Crippen LogP contribution is 2.11. The van der Waals surface area contributed by atoms with E-state index in [0.717, 1.165) is 5.75 Å². The lowest BCUT2D eigenvalue weighted by Crippen LogP contribution is -2.58. The highest BCUT2D eigenvalue weighted by atomic mass is 32.2. The molecule has 10 nitrogen and oxygen atoms in total. The van der Waals surface area contributed by atoms with Crippen LogP contribution in [0, 0.1) is 5.92 Å². The number of nitrogens with two attached hydrogens (primary N) is 2. The smallest absolute Gasteiger partial charge is 0.326 e. The summed E-state index contributed by atoms with van der Waals surface area (Å²) < 4.78 is 0. The number of thioether (sulfide) groups is 2. The molecule has 0 aliphatic rings. The standard InChI is InChI=1S/C22H43N5O5S2/c1-5-14(2)18(27-19(28)15(24)9-12-33-3)21(30)25-16(10-13-34-4)20(29)26-17(22(31)32)8-6-7-11-23/h14-18H,5-13,23-24H2,1-4H3,(H,25,30)(H,26,29)(H,27,28)(H,31,32). The van der Waals surface area contributed by atoms with Crippen LogP contribution in [0.4, 0.5) is 0 Å². The maximum absolute atomic E-state index is 13.1. The number of carbonyl (C=O) groups is 4. The lowest BCUT2D eigenvalue weighted by atomic mass is 9.97. The van der Waals surface area contributed by atoms with Crippen molar-refractivity contribution < 1.29 is 24.3 Å². The second-order valence-electron chi connectivity index (χ2n) is 8.29. The third kappa shape index (κ3) is 12.8. The first-order valence-corrected chi connectivity index (χ1v) is 14.5. The molecule has 12 heteroatoms. The first-order chi connectivity index (χ1) is 16.1. The van der Waals surface area contributed by atoms with Crippen LogP contribution in [0.1, 0.15) is 52.4 Å². The SMILES string of the molecule is CCC(C)C(NC(=O)C(N)CCSC)C(=O)NC(CCSC)C(=O)NC(CCCCN)C(=O)O. The highest BCUT2D eigenvalue weighted by Gasteiger charge is 2.32. The van der Waals surface area contributed by atoms with E-state index in [-0.39, 0.29) is 12.3 Å². The topological polar surface area (TPSA) is 177 Å². The summed E-state index contributed by atoms with van der Waals surface area (Å²) in [5.41, 5.74) is 11.4. The zero-order valence-corrected chi connectivity index (χ0v) is 22.4. The molecular formula is C22H43N5O5S2. The van der Waals surface area contributed by atoms with Crippen molar-refractivity contribution in [2.75, 3.05) is 30.6 Å². The number of unbranched alkanes of at least 4 members (excludes halogenated alkanes) is 1. The van der Waals surface area contributed by atoms with Crippen LogP contribution >= 0.6 is 23.5 Å². The van der Waals surface area contributed by atoms with E-state index < -0.39 is 47.9 Å². The van der Waals surface area contributed by atoms with Crippen molar-refractivity contribution in [1.29, 1.82) is 0 Å². The van der Waals surface area contributed by atoms with Gasteiger partial charge in [-0.2, -0.15) is 23.5 Å². The van der Waals surface area contributed by atoms with Gasteiger partial charge in [-0.1, -0.05) is 20.3 Å². The molecule has 5 unspecified atom stereocenters. The van der Waals surface area contributed by atoms with Gasteiger partial charge in [0, 0.05) is 0 Å². The van der Waals surface area contributed by atoms with Crippen LogP contribution in [0.5, 0.6) is 0 Å². The van der Waals surface area contributed by atoms with Crippen LogP contribution < -0.4 is 27.4 Å². The number of amides is 3. The van der Waals surface area contributed by atoms with Gasteiger partial charge in [0.05, 0.1) is 6.04 Å². The van der Waals surface area contributed by atoms with Crippen LogP contribution in [-0.2, 0) is 19.2 Å². The third-order valence-electron chi connectivity index (χ3n) is 5.57. The van der Waals surface area contributed by atoms with Gasteiger partial charge in [0.1, 0.15) is 18.1 Å². The second-order valence-corrected chi connectivity index (χ2v) is 10.3. The Bertz CT molecular complexity index is 641. The highest BCUT2D eigenvalue weighted by molar-refractivity contribution is 7.98. The summed E-state index contributed by atoms with van der Waals surface area (Å²) in [4.78, 5) is 50.2. The Morgan fingerprint density at radius 2 is 1.44 bits per heavy atom. The van der Waals surface area contributed by atoms with E-state index in [1.54, 1.807) is 11.8 Å². The van der Waals surface area contributed by atoms with Gasteiger partial charge in [-0.3, -0.25) is 14.4 Å². The minimum Gasteiger partial charge on any atom is -0.480 e. The summed E-state index contributed by atoms with van der Waals surface area (Å²) in [6.45, 7) is 4.19. The van der Waals surface area contributed by atoms with Gasteiger partial charge in [0.15, 0.2) is 0 Å². The van der Waals surface area contributed by atoms with Crippen molar-refractivity contribution in [2.45, 2.75) is 76.5 Å². The predicted molar refractivity (Wildman–Crippen MR) is 140 cm³/mol. The summed E-state index contributed by atoms with van der Waals surface area (Å²) >= 11 is 3.09. The van der Waals surface area contributed by atoms with Crippen LogP contribution in [0.15, 0.2) is 0 Å². The molecule has 5 atom stereocenters. The number of nitrogens with one attached hydrogen (secondary N) is 3. The van der Waals surface area contributed by atoms with Gasteiger partial charge in [0.25, 0.3) is 0 Å². The van der Waals surface area contributed by atoms with E-state index in [0.29, 0.717) is 44.4 Å². The Morgan fingerprint density at radius 1 is 0.853 bits per heavy atom. The van der Waals surface area contributed by atoms with Gasteiger partial charge >= 0.3 is 5.97 Å². The Balaban J connectivity index is 5.41. The predicted octanol–water partition coefficient (Wildman–Crippen LogP) is 0.534. The fraction of sp³-hybridized carbons (Fsp3) is 0.818. The number of aliphatic carboxylic acids is 1. The van der Waals surface area contributed by atoms with Crippen LogP contribution in [0.3, 0.4) is 0 Å². The minimum atomic E-state index is -1.13. The average Bonchev–Trinajstić information content (AvgIpc) is 2.81. The molecule has 8 N–H and O–H groups in total. The number of hydrogen-bond acceptors (Lipinski definition) is 8. The molecule has 0 fully saturated rings. The zero-order valence-electron chi connectivity index (χ0n) is 20.8. The summed E-state index contributed by atoms with van der Waals surface area (Å²) in [6, 6.07) is -3.58. The third-order valence-corrected chi connectivity index (χ3v) is 6.86. The Labute approximate surface area is 211 Å². The Hall–Kier alpha value is -1.50. The van der Waals surface area contributed by atoms with E-state index in [4.69, 9.17) is 11.5 Å². The maximum Gasteiger partial charge on any atom is 0.326 e. The van der Waals surface area contributed by atoms with Gasteiger partial charge < -0.3 is 32.5 Å². The first-order valence-electron chi connectivity index (χ1n) is 11.7. The lowest BCUT2D eigenvalue weighted by Gasteiger charge is -2.28. The van der Waals surface area contributed by atoms with E-state index in [1.807, 2.05) is 26.4 Å². The Kier molecular flexibility index (Phi) is 18.0. The molecule has 0 spiro atoms. The average molecular weight is 522 g/mol. The number of carboxylic acids is 1. The molecule has 0 saturated carbocycles. The van der Waals surface area contributed by atoms with Gasteiger partial charge in [-0.15, -0.1) is 0 Å². The van der Waals surface area contributed by atoms with Crippen molar-refractivity contribution in [3.05, 3.63) is 0 Å². The molecule has 0 aliphatic carbocycles. The molecule has 0 heterocycles. The fourth-order valence-electron chi connectivity index (χ4n) is 3.13. The van der Waals surface area contributed by atoms with E-state index in [1.165, 1.54) is 11.8 Å². The number of rotatable bonds is 19. The minimum absolute atomic E-state index is 0.191. The Morgan fingerprint density at radius 3 is 1.97 bits per heavy atom. The molecule has 0 aromatic carbocycles. The monoisotopic (exact) mass is 521 g/mol. The van der Waals surface area contributed by atoms with Crippen LogP contribution in [0.2, 0.25) is 0 Å². The molecule has 3 amide bonds. The molecule has 0 rings (SSSR count). The molecule has 198 valence electrons. The fourth-order valence-corrected chi connectivity index (χ4v) is 4.09. The van der Waals surface area contributed by atoms with Crippen molar-refractivity contribution in [2.24, 2.45) is 17.4 Å². The summed E-state index contributed by atoms with van der Waals surface area (Å²) in [5, 5.41) is 17.5. The molecule has 0 aromatic rings. The second kappa shape index (κ2) is 18.8. The maximum atomic E-state index is 13.1. The summed E-state index contributed by atoms with van der Waals surface area (Å²) in [7, 11) is 0. The molecule has 0 aromatic heterocycles. The van der Waals surface area contributed by atoms with Gasteiger partial charge in [-0.05, 0) is 68.6 Å². The van der Waals surface area contributed by atoms with Gasteiger partial charge in [0.2, 0.25) is 17.7 Å². The van der Waals surface area contributed by atoms with E-state index in [2.05, 4.69) is 16.0 Å². The largest absolute Gasteiger partial charge is 0.480 e. The van der Waals surface area contributed by atoms with E-state index in [9.17, 15) is 24.3 Å². The summed E-state index contributed by atoms with van der Waals surface area (Å²) in [6.07, 6.45) is 6.71. The molecule has 0 aliphatic heterocycles. The quantitative estimate of drug-likeness (QED) is 0.132. The number of hydrogen-bond donors (Lipinski definition) is 6. The van der Waals surface area contributed by atoms with Crippen LogP contribution in [0.25, 0.3) is 0 Å². The molecular weight excluding hydrogens is 478 g/mol. The van der Waals surface area contributed by atoms with Crippen molar-refractivity contribution in [1.82, 2.24) is 16.0 Å². The molecule has 0 radical (unpaired) electrons. The molecule has 0 bridgehead atoms. The summed E-state index contributed by atoms with van der Waals surface area (Å²) in [5.74, 6) is -1.48. The zero-order chi connectivity index (χ0) is 26.1. The molecule has 34 heavy (non-hydrogen) atoms. The van der Waals surface area contributed by atoms with Crippen molar-refractivity contribution >= 4 is 47.2 Å². The number of carboxylic acid groups (broad SMARTS) is 1. The van der Waals surface area contributed by atoms with Crippen LogP contribution in [-0.4, -0.2) is 83.5 Å². The van der Waals surface area contributed by atoms with E-state index >= 15 is 0 Å². The first kappa shape index (κ1) is 32.5. The van der Waals surface area contributed by atoms with Crippen molar-refractivity contribution in [3.63, 3.8) is 0 Å². The number of carbonyl (C=O) groups excluding carboxylic acids is 3. The normalized spacial score (nSPS) is 15.5. The van der Waals surface area contributed by atoms with Crippen molar-refractivity contribution in [3.8, 4) is 0 Å². The lowest BCUT2D eigenvalue weighted by molar-refractivity contribution is -0.142. The van der Waals surface area contributed by atoms with Gasteiger partial charge in [-0.25, -0.2) is 4.79 Å².